The molecule has 0 aliphatic heterocycles. The summed E-state index contributed by atoms with van der Waals surface area (Å²) in [5, 5.41) is 11.4. The first-order valence-electron chi connectivity index (χ1n) is 7.63. The smallest absolute Gasteiger partial charge is 0.120 e. The predicted molar refractivity (Wildman–Crippen MR) is 88.0 cm³/mol. The van der Waals surface area contributed by atoms with E-state index in [2.05, 4.69) is 21.0 Å². The van der Waals surface area contributed by atoms with Crippen LogP contribution in [0.4, 0.5) is 0 Å². The molecule has 0 fully saturated rings. The molecule has 0 bridgehead atoms. The number of benzene rings is 2. The quantitative estimate of drug-likeness (QED) is 0.806. The average molecular weight is 284 g/mol. The van der Waals surface area contributed by atoms with Crippen molar-refractivity contribution in [3.05, 3.63) is 71.8 Å². The fourth-order valence-corrected chi connectivity index (χ4v) is 2.51. The molecule has 0 aliphatic rings. The maximum Gasteiger partial charge on any atom is 0.120 e. The van der Waals surface area contributed by atoms with E-state index in [9.17, 15) is 5.11 Å². The van der Waals surface area contributed by atoms with Gasteiger partial charge in [0.25, 0.3) is 0 Å². The summed E-state index contributed by atoms with van der Waals surface area (Å²) >= 11 is 0. The van der Waals surface area contributed by atoms with E-state index in [1.54, 1.807) is 0 Å². The molecule has 2 aromatic rings. The Morgan fingerprint density at radius 3 is 1.67 bits per heavy atom. The van der Waals surface area contributed by atoms with Crippen molar-refractivity contribution in [2.75, 3.05) is 27.2 Å². The lowest BCUT2D eigenvalue weighted by molar-refractivity contribution is -0.889. The summed E-state index contributed by atoms with van der Waals surface area (Å²) in [6.07, 6.45) is 0.710. The van der Waals surface area contributed by atoms with Crippen LogP contribution in [0.3, 0.4) is 0 Å². The third-order valence-corrected chi connectivity index (χ3v) is 4.44. The maximum atomic E-state index is 11.4. The number of hydrogen-bond donors (Lipinski definition) is 1. The third-order valence-electron chi connectivity index (χ3n) is 4.44. The summed E-state index contributed by atoms with van der Waals surface area (Å²) in [7, 11) is 4.41. The zero-order valence-electron chi connectivity index (χ0n) is 13.3. The SMILES string of the molecule is CC[N+](C)(C)CCC(O)(c1ccccc1)c1ccccc1. The first kappa shape index (κ1) is 15.7. The van der Waals surface area contributed by atoms with Crippen LogP contribution >= 0.6 is 0 Å². The highest BCUT2D eigenvalue weighted by atomic mass is 16.3. The van der Waals surface area contributed by atoms with Gasteiger partial charge in [0.05, 0.1) is 27.2 Å². The van der Waals surface area contributed by atoms with Gasteiger partial charge < -0.3 is 9.59 Å². The molecule has 0 heterocycles. The summed E-state index contributed by atoms with van der Waals surface area (Å²) in [5.74, 6) is 0. The molecule has 0 atom stereocenters. The molecule has 1 N–H and O–H groups in total. The van der Waals surface area contributed by atoms with Gasteiger partial charge >= 0.3 is 0 Å². The minimum Gasteiger partial charge on any atom is -0.380 e. The third kappa shape index (κ3) is 3.72. The van der Waals surface area contributed by atoms with Crippen LogP contribution < -0.4 is 0 Å². The van der Waals surface area contributed by atoms with Crippen LogP contribution in [0.1, 0.15) is 24.5 Å². The molecule has 0 unspecified atom stereocenters. The van der Waals surface area contributed by atoms with E-state index in [-0.39, 0.29) is 0 Å². The Morgan fingerprint density at radius 1 is 0.857 bits per heavy atom. The van der Waals surface area contributed by atoms with Crippen LogP contribution in [0.15, 0.2) is 60.7 Å². The van der Waals surface area contributed by atoms with Crippen LogP contribution in [0.25, 0.3) is 0 Å². The molecule has 2 aromatic carbocycles. The number of nitrogens with zero attached hydrogens (tertiary/aromatic N) is 1. The van der Waals surface area contributed by atoms with Gasteiger partial charge in [-0.1, -0.05) is 60.7 Å². The van der Waals surface area contributed by atoms with Crippen molar-refractivity contribution in [1.29, 1.82) is 0 Å². The van der Waals surface area contributed by atoms with E-state index in [0.29, 0.717) is 6.42 Å². The molecule has 0 aliphatic carbocycles. The first-order valence-corrected chi connectivity index (χ1v) is 7.63. The molecule has 0 saturated heterocycles. The molecular weight excluding hydrogens is 258 g/mol. The van der Waals surface area contributed by atoms with Gasteiger partial charge in [0.15, 0.2) is 0 Å². The summed E-state index contributed by atoms with van der Waals surface area (Å²) in [4.78, 5) is 0. The Hall–Kier alpha value is -1.64. The van der Waals surface area contributed by atoms with Crippen LogP contribution in [0.2, 0.25) is 0 Å². The van der Waals surface area contributed by atoms with Crippen LogP contribution in [0.5, 0.6) is 0 Å². The second-order valence-corrected chi connectivity index (χ2v) is 6.32. The van der Waals surface area contributed by atoms with E-state index in [1.807, 2.05) is 60.7 Å². The average Bonchev–Trinajstić information content (AvgIpc) is 2.54. The van der Waals surface area contributed by atoms with Crippen molar-refractivity contribution in [2.24, 2.45) is 0 Å². The topological polar surface area (TPSA) is 20.2 Å². The molecule has 0 aromatic heterocycles. The van der Waals surface area contributed by atoms with Gasteiger partial charge in [0.1, 0.15) is 5.60 Å². The lowest BCUT2D eigenvalue weighted by Gasteiger charge is -2.35. The van der Waals surface area contributed by atoms with Gasteiger partial charge in [-0.15, -0.1) is 0 Å². The molecule has 21 heavy (non-hydrogen) atoms. The van der Waals surface area contributed by atoms with Crippen molar-refractivity contribution >= 4 is 0 Å². The van der Waals surface area contributed by atoms with Gasteiger partial charge in [-0.2, -0.15) is 0 Å². The Balaban J connectivity index is 2.36. The second-order valence-electron chi connectivity index (χ2n) is 6.32. The summed E-state index contributed by atoms with van der Waals surface area (Å²) < 4.78 is 0.905. The standard InChI is InChI=1S/C19H26NO/c1-4-20(2,3)16-15-19(21,17-11-7-5-8-12-17)18-13-9-6-10-14-18/h5-14,21H,4,15-16H2,1-3H3/q+1. The van der Waals surface area contributed by atoms with Gasteiger partial charge in [-0.05, 0) is 18.1 Å². The number of quaternary nitrogens is 1. The van der Waals surface area contributed by atoms with Gasteiger partial charge in [-0.3, -0.25) is 0 Å². The van der Waals surface area contributed by atoms with Crippen molar-refractivity contribution < 1.29 is 9.59 Å². The Labute approximate surface area is 128 Å². The van der Waals surface area contributed by atoms with E-state index in [4.69, 9.17) is 0 Å². The van der Waals surface area contributed by atoms with Gasteiger partial charge in [-0.25, -0.2) is 0 Å². The molecule has 112 valence electrons. The highest BCUT2D eigenvalue weighted by Gasteiger charge is 2.33. The molecule has 2 rings (SSSR count). The number of hydrogen-bond acceptors (Lipinski definition) is 1. The molecule has 0 radical (unpaired) electrons. The van der Waals surface area contributed by atoms with Crippen molar-refractivity contribution in [3.63, 3.8) is 0 Å². The number of rotatable bonds is 6. The second kappa shape index (κ2) is 6.42. The van der Waals surface area contributed by atoms with E-state index in [0.717, 1.165) is 28.7 Å². The Morgan fingerprint density at radius 2 is 1.29 bits per heavy atom. The van der Waals surface area contributed by atoms with E-state index < -0.39 is 5.60 Å². The molecule has 2 heteroatoms. The van der Waals surface area contributed by atoms with Gasteiger partial charge in [0.2, 0.25) is 0 Å². The van der Waals surface area contributed by atoms with Crippen molar-refractivity contribution in [3.8, 4) is 0 Å². The lowest BCUT2D eigenvalue weighted by atomic mass is 9.83. The normalized spacial score (nSPS) is 12.4. The molecule has 0 saturated carbocycles. The molecule has 0 spiro atoms. The first-order chi connectivity index (χ1) is 9.98. The van der Waals surface area contributed by atoms with Crippen molar-refractivity contribution in [1.82, 2.24) is 0 Å². The maximum absolute atomic E-state index is 11.4. The predicted octanol–water partition coefficient (Wildman–Crippen LogP) is 3.41. The Bertz CT molecular complexity index is 509. The fraction of sp³-hybridized carbons (Fsp3) is 0.368. The fourth-order valence-electron chi connectivity index (χ4n) is 2.51. The van der Waals surface area contributed by atoms with Crippen LogP contribution in [0, 0.1) is 0 Å². The van der Waals surface area contributed by atoms with E-state index in [1.165, 1.54) is 0 Å². The largest absolute Gasteiger partial charge is 0.380 e. The summed E-state index contributed by atoms with van der Waals surface area (Å²) in [5.41, 5.74) is 1.01. The van der Waals surface area contributed by atoms with E-state index >= 15 is 0 Å². The number of aliphatic hydroxyl groups is 1. The monoisotopic (exact) mass is 284 g/mol. The molecular formula is C19H26NO+. The van der Waals surface area contributed by atoms with Gasteiger partial charge in [0, 0.05) is 6.42 Å². The summed E-state index contributed by atoms with van der Waals surface area (Å²) in [6, 6.07) is 20.0. The molecule has 2 nitrogen and oxygen atoms in total. The van der Waals surface area contributed by atoms with Crippen LogP contribution in [-0.2, 0) is 5.60 Å². The Kier molecular flexibility index (Phi) is 4.81. The van der Waals surface area contributed by atoms with Crippen LogP contribution in [-0.4, -0.2) is 36.8 Å². The highest BCUT2D eigenvalue weighted by Crippen LogP contribution is 2.33. The highest BCUT2D eigenvalue weighted by molar-refractivity contribution is 5.35. The zero-order valence-corrected chi connectivity index (χ0v) is 13.3. The lowest BCUT2D eigenvalue weighted by Crippen LogP contribution is -2.43. The van der Waals surface area contributed by atoms with Crippen molar-refractivity contribution in [2.45, 2.75) is 18.9 Å². The minimum atomic E-state index is -0.923. The summed E-state index contributed by atoms with van der Waals surface area (Å²) in [6.45, 7) is 4.17. The minimum absolute atomic E-state index is 0.710. The molecule has 0 amide bonds. The zero-order chi connectivity index (χ0) is 15.3.